The topological polar surface area (TPSA) is 48.6 Å². The summed E-state index contributed by atoms with van der Waals surface area (Å²) in [6.45, 7) is 0. The Morgan fingerprint density at radius 3 is 2.44 bits per heavy atom. The average molecular weight is 266 g/mol. The van der Waals surface area contributed by atoms with E-state index in [-0.39, 0.29) is 4.90 Å². The molecule has 1 unspecified atom stereocenters. The molecule has 0 aliphatic heterocycles. The minimum absolute atomic E-state index is 0.301. The van der Waals surface area contributed by atoms with Crippen LogP contribution in [0.25, 0.3) is 11.0 Å². The molecule has 0 fully saturated rings. The molecule has 0 saturated carbocycles. The third-order valence-electron chi connectivity index (χ3n) is 1.91. The summed E-state index contributed by atoms with van der Waals surface area (Å²) < 4.78 is 48.0. The molecule has 16 heavy (non-hydrogen) atoms. The van der Waals surface area contributed by atoms with Crippen LogP contribution in [-0.4, -0.2) is 19.7 Å². The summed E-state index contributed by atoms with van der Waals surface area (Å²) in [6, 6.07) is 3.73. The van der Waals surface area contributed by atoms with Gasteiger partial charge in [-0.1, -0.05) is 0 Å². The zero-order valence-corrected chi connectivity index (χ0v) is 9.22. The standard InChI is InChI=1S/C8H5F3N2OS2/c9-8(10,11)16(14)4-1-2-5-6(3-4)13-7(15)12-5/h1-3H,(H2,12,13,15). The van der Waals surface area contributed by atoms with E-state index >= 15 is 0 Å². The normalized spacial score (nSPS) is 14.2. The molecule has 1 heterocycles. The van der Waals surface area contributed by atoms with Crippen LogP contribution in [0, 0.1) is 4.77 Å². The summed E-state index contributed by atoms with van der Waals surface area (Å²) in [5.74, 6) is 0. The van der Waals surface area contributed by atoms with Gasteiger partial charge in [-0.05, 0) is 30.4 Å². The first-order valence-electron chi connectivity index (χ1n) is 4.08. The lowest BCUT2D eigenvalue weighted by molar-refractivity contribution is -0.0384. The Hall–Kier alpha value is -1.15. The fourth-order valence-corrected chi connectivity index (χ4v) is 2.16. The molecule has 8 heteroatoms. The van der Waals surface area contributed by atoms with Crippen molar-refractivity contribution >= 4 is 34.1 Å². The number of imidazole rings is 1. The van der Waals surface area contributed by atoms with Gasteiger partial charge in [0.2, 0.25) is 0 Å². The van der Waals surface area contributed by atoms with Gasteiger partial charge in [0, 0.05) is 0 Å². The van der Waals surface area contributed by atoms with Crippen LogP contribution in [0.3, 0.4) is 0 Å². The van der Waals surface area contributed by atoms with Crippen LogP contribution >= 0.6 is 12.2 Å². The monoisotopic (exact) mass is 266 g/mol. The fourth-order valence-electron chi connectivity index (χ4n) is 1.26. The first-order valence-corrected chi connectivity index (χ1v) is 5.64. The lowest BCUT2D eigenvalue weighted by Gasteiger charge is -2.05. The number of nitrogens with one attached hydrogen (secondary N) is 2. The number of benzene rings is 1. The highest BCUT2D eigenvalue weighted by Gasteiger charge is 2.38. The Morgan fingerprint density at radius 1 is 1.19 bits per heavy atom. The van der Waals surface area contributed by atoms with E-state index in [9.17, 15) is 17.4 Å². The summed E-state index contributed by atoms with van der Waals surface area (Å²) in [5, 5.41) is 0. The van der Waals surface area contributed by atoms with Crippen molar-refractivity contribution in [1.82, 2.24) is 9.97 Å². The van der Waals surface area contributed by atoms with Crippen LogP contribution in [0.2, 0.25) is 0 Å². The first-order chi connectivity index (χ1) is 7.38. The Labute approximate surface area is 95.1 Å². The number of alkyl halides is 3. The van der Waals surface area contributed by atoms with Gasteiger partial charge in [-0.3, -0.25) is 0 Å². The van der Waals surface area contributed by atoms with Crippen LogP contribution in [-0.2, 0) is 10.8 Å². The van der Waals surface area contributed by atoms with Crippen LogP contribution < -0.4 is 0 Å². The molecule has 2 aromatic rings. The largest absolute Gasteiger partial charge is 0.475 e. The summed E-state index contributed by atoms with van der Waals surface area (Å²) in [6.07, 6.45) is 0. The molecule has 0 radical (unpaired) electrons. The molecular weight excluding hydrogens is 261 g/mol. The zero-order chi connectivity index (χ0) is 11.9. The molecule has 0 amide bonds. The number of aromatic nitrogens is 2. The maximum Gasteiger partial charge on any atom is 0.475 e. The van der Waals surface area contributed by atoms with Gasteiger partial charge in [0.05, 0.1) is 15.9 Å². The van der Waals surface area contributed by atoms with E-state index in [1.54, 1.807) is 0 Å². The Balaban J connectivity index is 2.55. The molecule has 3 nitrogen and oxygen atoms in total. The Kier molecular flexibility index (Phi) is 2.62. The molecule has 0 bridgehead atoms. The number of H-pyrrole nitrogens is 2. The van der Waals surface area contributed by atoms with Crippen molar-refractivity contribution in [3.63, 3.8) is 0 Å². The van der Waals surface area contributed by atoms with Crippen molar-refractivity contribution in [3.05, 3.63) is 23.0 Å². The van der Waals surface area contributed by atoms with Crippen LogP contribution in [0.5, 0.6) is 0 Å². The van der Waals surface area contributed by atoms with Crippen molar-refractivity contribution in [3.8, 4) is 0 Å². The van der Waals surface area contributed by atoms with Crippen LogP contribution in [0.4, 0.5) is 13.2 Å². The third-order valence-corrected chi connectivity index (χ3v) is 3.22. The molecule has 2 rings (SSSR count). The minimum atomic E-state index is -4.75. The predicted octanol–water partition coefficient (Wildman–Crippen LogP) is 2.85. The van der Waals surface area contributed by atoms with Crippen molar-refractivity contribution in [2.24, 2.45) is 0 Å². The Bertz CT molecular complexity index is 614. The number of halogens is 3. The molecule has 2 N–H and O–H groups in total. The van der Waals surface area contributed by atoms with E-state index in [4.69, 9.17) is 12.2 Å². The van der Waals surface area contributed by atoms with Gasteiger partial charge < -0.3 is 9.97 Å². The number of hydrogen-bond donors (Lipinski definition) is 2. The van der Waals surface area contributed by atoms with Crippen LogP contribution in [0.1, 0.15) is 0 Å². The second kappa shape index (κ2) is 3.70. The quantitative estimate of drug-likeness (QED) is 0.780. The smallest absolute Gasteiger partial charge is 0.331 e. The van der Waals surface area contributed by atoms with Gasteiger partial charge >= 0.3 is 5.51 Å². The van der Waals surface area contributed by atoms with E-state index in [1.165, 1.54) is 12.1 Å². The van der Waals surface area contributed by atoms with Crippen molar-refractivity contribution in [2.45, 2.75) is 10.4 Å². The van der Waals surface area contributed by atoms with Crippen LogP contribution in [0.15, 0.2) is 23.1 Å². The lowest BCUT2D eigenvalue weighted by Crippen LogP contribution is -2.16. The van der Waals surface area contributed by atoms with Gasteiger partial charge in [0.15, 0.2) is 15.6 Å². The molecule has 0 aliphatic carbocycles. The van der Waals surface area contributed by atoms with E-state index in [0.717, 1.165) is 6.07 Å². The highest BCUT2D eigenvalue weighted by Crippen LogP contribution is 2.27. The number of rotatable bonds is 1. The maximum absolute atomic E-state index is 12.2. The summed E-state index contributed by atoms with van der Waals surface area (Å²) in [7, 11) is -3.02. The number of hydrogen-bond acceptors (Lipinski definition) is 2. The van der Waals surface area contributed by atoms with Gasteiger partial charge in [-0.2, -0.15) is 13.2 Å². The van der Waals surface area contributed by atoms with E-state index in [0.29, 0.717) is 15.8 Å². The van der Waals surface area contributed by atoms with Gasteiger partial charge in [0.1, 0.15) is 0 Å². The number of aromatic amines is 2. The molecule has 0 saturated heterocycles. The SMILES string of the molecule is O=S(c1ccc2[nH]c(=S)[nH]c2c1)C(F)(F)F. The van der Waals surface area contributed by atoms with E-state index < -0.39 is 16.3 Å². The highest BCUT2D eigenvalue weighted by atomic mass is 32.2. The fraction of sp³-hybridized carbons (Fsp3) is 0.125. The zero-order valence-electron chi connectivity index (χ0n) is 7.59. The van der Waals surface area contributed by atoms with E-state index in [2.05, 4.69) is 9.97 Å². The van der Waals surface area contributed by atoms with E-state index in [1.807, 2.05) is 0 Å². The molecule has 0 spiro atoms. The molecular formula is C8H5F3N2OS2. The average Bonchev–Trinajstić information content (AvgIpc) is 2.54. The molecule has 86 valence electrons. The lowest BCUT2D eigenvalue weighted by atomic mass is 10.3. The van der Waals surface area contributed by atoms with Crippen molar-refractivity contribution < 1.29 is 17.4 Å². The minimum Gasteiger partial charge on any atom is -0.331 e. The summed E-state index contributed by atoms with van der Waals surface area (Å²) in [5.41, 5.74) is -3.77. The maximum atomic E-state index is 12.2. The van der Waals surface area contributed by atoms with Crippen molar-refractivity contribution in [2.75, 3.05) is 0 Å². The Morgan fingerprint density at radius 2 is 1.81 bits per heavy atom. The predicted molar refractivity (Wildman–Crippen MR) is 55.9 cm³/mol. The highest BCUT2D eigenvalue weighted by molar-refractivity contribution is 7.86. The first kappa shape index (κ1) is 11.3. The molecule has 1 atom stereocenters. The molecule has 1 aromatic carbocycles. The van der Waals surface area contributed by atoms with Gasteiger partial charge in [0.25, 0.3) is 0 Å². The second-order valence-electron chi connectivity index (χ2n) is 3.00. The van der Waals surface area contributed by atoms with Gasteiger partial charge in [-0.25, -0.2) is 4.21 Å². The summed E-state index contributed by atoms with van der Waals surface area (Å²) >= 11 is 4.79. The number of fused-ring (bicyclic) bond motifs is 1. The summed E-state index contributed by atoms with van der Waals surface area (Å²) in [4.78, 5) is 5.10. The molecule has 0 aliphatic rings. The molecule has 1 aromatic heterocycles. The second-order valence-corrected chi connectivity index (χ2v) is 4.88. The van der Waals surface area contributed by atoms with Gasteiger partial charge in [-0.15, -0.1) is 0 Å². The van der Waals surface area contributed by atoms with Crippen molar-refractivity contribution in [1.29, 1.82) is 0 Å². The third kappa shape index (κ3) is 2.03.